The summed E-state index contributed by atoms with van der Waals surface area (Å²) in [5, 5.41) is 3.36. The number of unbranched alkanes of at least 4 members (excludes halogenated alkanes) is 2. The number of hydrogen-bond acceptors (Lipinski definition) is 4. The molecule has 0 spiro atoms. The number of hydrogen-bond donors (Lipinski definition) is 1. The van der Waals surface area contributed by atoms with E-state index < -0.39 is 5.91 Å². The Kier molecular flexibility index (Phi) is 12.6. The van der Waals surface area contributed by atoms with Gasteiger partial charge in [0, 0.05) is 33.3 Å². The van der Waals surface area contributed by atoms with E-state index in [2.05, 4.69) is 42.6 Å². The van der Waals surface area contributed by atoms with Crippen molar-refractivity contribution in [3.63, 3.8) is 0 Å². The number of ether oxygens (including phenoxy) is 3. The quantitative estimate of drug-likeness (QED) is 0.333. The van der Waals surface area contributed by atoms with E-state index in [-0.39, 0.29) is 0 Å². The molecule has 0 heterocycles. The van der Waals surface area contributed by atoms with Crippen molar-refractivity contribution >= 4 is 0 Å². The van der Waals surface area contributed by atoms with Crippen LogP contribution in [0, 0.1) is 0 Å². The summed E-state index contributed by atoms with van der Waals surface area (Å²) in [4.78, 5) is 0. The molecule has 0 aliphatic heterocycles. The van der Waals surface area contributed by atoms with Crippen molar-refractivity contribution in [2.75, 3.05) is 26.4 Å². The minimum atomic E-state index is -0.662. The lowest BCUT2D eigenvalue weighted by atomic mass is 10.1. The highest BCUT2D eigenvalue weighted by Gasteiger charge is 2.23. The molecule has 0 saturated heterocycles. The van der Waals surface area contributed by atoms with Crippen molar-refractivity contribution in [3.05, 3.63) is 35.9 Å². The minimum Gasteiger partial charge on any atom is -0.379 e. The Balaban J connectivity index is 2.00. The van der Waals surface area contributed by atoms with Crippen LogP contribution in [0.15, 0.2) is 30.3 Å². The molecule has 0 radical (unpaired) electrons. The molecule has 150 valence electrons. The van der Waals surface area contributed by atoms with Crippen LogP contribution in [-0.2, 0) is 20.6 Å². The summed E-state index contributed by atoms with van der Waals surface area (Å²) < 4.78 is 17.2. The van der Waals surface area contributed by atoms with E-state index in [1.165, 1.54) is 12.0 Å². The van der Waals surface area contributed by atoms with E-state index in [1.54, 1.807) is 0 Å². The summed E-state index contributed by atoms with van der Waals surface area (Å²) in [7, 11) is 0. The first-order chi connectivity index (χ1) is 12.6. The molecule has 26 heavy (non-hydrogen) atoms. The highest BCUT2D eigenvalue weighted by Crippen LogP contribution is 2.10. The second-order valence-corrected chi connectivity index (χ2v) is 6.86. The molecule has 0 fully saturated rings. The van der Waals surface area contributed by atoms with Crippen LogP contribution in [0.3, 0.4) is 0 Å². The van der Waals surface area contributed by atoms with Gasteiger partial charge in [0.1, 0.15) is 0 Å². The van der Waals surface area contributed by atoms with Crippen LogP contribution < -0.4 is 5.32 Å². The summed E-state index contributed by atoms with van der Waals surface area (Å²) in [5.74, 6) is -0.662. The molecule has 1 N–H and O–H groups in total. The second-order valence-electron chi connectivity index (χ2n) is 6.86. The molecule has 1 unspecified atom stereocenters. The van der Waals surface area contributed by atoms with Gasteiger partial charge in [0.25, 0.3) is 0 Å². The Labute approximate surface area is 160 Å². The first-order valence-electron chi connectivity index (χ1n) is 10.3. The maximum absolute atomic E-state index is 5.93. The van der Waals surface area contributed by atoms with Crippen LogP contribution in [0.25, 0.3) is 0 Å². The zero-order valence-corrected chi connectivity index (χ0v) is 17.3. The average Bonchev–Trinajstić information content (AvgIpc) is 2.62. The van der Waals surface area contributed by atoms with Crippen molar-refractivity contribution in [2.45, 2.75) is 78.2 Å². The van der Waals surface area contributed by atoms with E-state index >= 15 is 0 Å². The summed E-state index contributed by atoms with van der Waals surface area (Å²) >= 11 is 0. The molecule has 0 aliphatic rings. The van der Waals surface area contributed by atoms with Gasteiger partial charge < -0.3 is 14.2 Å². The maximum Gasteiger partial charge on any atom is 0.224 e. The molecule has 1 rings (SSSR count). The molecule has 4 heteroatoms. The van der Waals surface area contributed by atoms with Crippen LogP contribution in [0.4, 0.5) is 0 Å². The van der Waals surface area contributed by atoms with E-state index in [9.17, 15) is 0 Å². The van der Waals surface area contributed by atoms with Crippen LogP contribution in [0.1, 0.15) is 65.4 Å². The molecular formula is C22H39NO3. The number of benzene rings is 1. The summed E-state index contributed by atoms with van der Waals surface area (Å²) in [6.07, 6.45) is 7.13. The summed E-state index contributed by atoms with van der Waals surface area (Å²) in [6, 6.07) is 10.7. The van der Waals surface area contributed by atoms with Gasteiger partial charge in [-0.05, 0) is 64.9 Å². The number of nitrogens with one attached hydrogen (secondary N) is 1. The van der Waals surface area contributed by atoms with E-state index in [0.29, 0.717) is 19.3 Å². The lowest BCUT2D eigenvalue weighted by molar-refractivity contribution is -0.240. The van der Waals surface area contributed by atoms with E-state index in [4.69, 9.17) is 14.2 Å². The van der Waals surface area contributed by atoms with Crippen molar-refractivity contribution in [1.82, 2.24) is 5.32 Å². The molecule has 0 saturated carbocycles. The smallest absolute Gasteiger partial charge is 0.224 e. The van der Waals surface area contributed by atoms with Crippen LogP contribution in [0.2, 0.25) is 0 Å². The number of rotatable bonds is 16. The third-order valence-corrected chi connectivity index (χ3v) is 4.43. The predicted octanol–water partition coefficient (Wildman–Crippen LogP) is 4.92. The largest absolute Gasteiger partial charge is 0.379 e. The fourth-order valence-electron chi connectivity index (χ4n) is 3.01. The Hall–Kier alpha value is -0.940. The monoisotopic (exact) mass is 365 g/mol. The van der Waals surface area contributed by atoms with E-state index in [0.717, 1.165) is 45.3 Å². The van der Waals surface area contributed by atoms with Gasteiger partial charge in [-0.25, -0.2) is 0 Å². The Bertz CT molecular complexity index is 432. The van der Waals surface area contributed by atoms with Gasteiger partial charge in [0.15, 0.2) is 0 Å². The third kappa shape index (κ3) is 10.9. The minimum absolute atomic E-state index is 0.330. The van der Waals surface area contributed by atoms with Gasteiger partial charge >= 0.3 is 0 Å². The van der Waals surface area contributed by atoms with Crippen LogP contribution in [0.5, 0.6) is 0 Å². The topological polar surface area (TPSA) is 39.7 Å². The lowest BCUT2D eigenvalue weighted by Crippen LogP contribution is -2.47. The van der Waals surface area contributed by atoms with Crippen LogP contribution >= 0.6 is 0 Å². The molecular weight excluding hydrogens is 326 g/mol. The molecule has 0 aliphatic carbocycles. The SMILES string of the molecule is CCOC(C)(NCCCCC(C)OCCCCc1ccccc1)OCC. The van der Waals surface area contributed by atoms with Crippen molar-refractivity contribution in [1.29, 1.82) is 0 Å². The Morgan fingerprint density at radius 3 is 2.31 bits per heavy atom. The lowest BCUT2D eigenvalue weighted by Gasteiger charge is -2.30. The Morgan fingerprint density at radius 2 is 1.65 bits per heavy atom. The standard InChI is InChI=1S/C22H39NO3/c1-5-25-22(4,26-6-2)23-18-12-10-14-20(3)24-19-13-11-17-21-15-8-7-9-16-21/h7-9,15-16,20,23H,5-6,10-14,17-19H2,1-4H3. The third-order valence-electron chi connectivity index (χ3n) is 4.43. The first-order valence-corrected chi connectivity index (χ1v) is 10.3. The van der Waals surface area contributed by atoms with Crippen molar-refractivity contribution in [3.8, 4) is 0 Å². The maximum atomic E-state index is 5.93. The Morgan fingerprint density at radius 1 is 0.962 bits per heavy atom. The van der Waals surface area contributed by atoms with Gasteiger partial charge in [-0.15, -0.1) is 0 Å². The van der Waals surface area contributed by atoms with Gasteiger partial charge in [-0.3, -0.25) is 5.32 Å². The first kappa shape index (κ1) is 23.1. The van der Waals surface area contributed by atoms with Crippen molar-refractivity contribution < 1.29 is 14.2 Å². The van der Waals surface area contributed by atoms with E-state index in [1.807, 2.05) is 20.8 Å². The van der Waals surface area contributed by atoms with Gasteiger partial charge in [-0.1, -0.05) is 30.3 Å². The summed E-state index contributed by atoms with van der Waals surface area (Å²) in [5.41, 5.74) is 1.42. The van der Waals surface area contributed by atoms with Gasteiger partial charge in [0.2, 0.25) is 5.91 Å². The average molecular weight is 366 g/mol. The zero-order chi connectivity index (χ0) is 19.1. The summed E-state index contributed by atoms with van der Waals surface area (Å²) in [6.45, 7) is 11.1. The molecule has 1 atom stereocenters. The molecule has 0 aromatic heterocycles. The van der Waals surface area contributed by atoms with Gasteiger partial charge in [0.05, 0.1) is 6.10 Å². The highest BCUT2D eigenvalue weighted by atomic mass is 16.7. The fourth-order valence-corrected chi connectivity index (χ4v) is 3.01. The zero-order valence-electron chi connectivity index (χ0n) is 17.3. The normalized spacial score (nSPS) is 13.1. The highest BCUT2D eigenvalue weighted by molar-refractivity contribution is 5.14. The molecule has 1 aromatic carbocycles. The molecule has 0 amide bonds. The fraction of sp³-hybridized carbons (Fsp3) is 0.727. The number of aryl methyl sites for hydroxylation is 1. The molecule has 1 aromatic rings. The van der Waals surface area contributed by atoms with Gasteiger partial charge in [-0.2, -0.15) is 0 Å². The van der Waals surface area contributed by atoms with Crippen LogP contribution in [-0.4, -0.2) is 38.4 Å². The molecule has 4 nitrogen and oxygen atoms in total. The molecule has 0 bridgehead atoms. The van der Waals surface area contributed by atoms with Crippen molar-refractivity contribution in [2.24, 2.45) is 0 Å². The predicted molar refractivity (Wildman–Crippen MR) is 108 cm³/mol. The second kappa shape index (κ2) is 14.2.